The summed E-state index contributed by atoms with van der Waals surface area (Å²) in [5.74, 6) is 0. The monoisotopic (exact) mass is 207 g/mol. The van der Waals surface area contributed by atoms with Crippen LogP contribution in [0, 0.1) is 6.92 Å². The number of H-pyrrole nitrogens is 1. The lowest BCUT2D eigenvalue weighted by molar-refractivity contribution is 0.680. The summed E-state index contributed by atoms with van der Waals surface area (Å²) in [4.78, 5) is 7.28. The fraction of sp³-hybridized carbons (Fsp3) is 0.300. The van der Waals surface area contributed by atoms with Crippen LogP contribution in [0.1, 0.15) is 17.0 Å². The standard InChI is InChI=1S/C10H13N3S/c1-8-10(13-7-12-8)5-11-4-9-2-3-14-6-9/h2-3,6-7,11H,4-5H2,1H3,(H,12,13). The van der Waals surface area contributed by atoms with Crippen molar-refractivity contribution in [3.8, 4) is 0 Å². The molecular weight excluding hydrogens is 194 g/mol. The summed E-state index contributed by atoms with van der Waals surface area (Å²) in [5.41, 5.74) is 3.58. The van der Waals surface area contributed by atoms with Crippen molar-refractivity contribution in [3.05, 3.63) is 40.1 Å². The molecule has 0 aliphatic heterocycles. The number of hydrogen-bond donors (Lipinski definition) is 2. The van der Waals surface area contributed by atoms with Gasteiger partial charge in [-0.3, -0.25) is 0 Å². The van der Waals surface area contributed by atoms with Crippen LogP contribution in [0.2, 0.25) is 0 Å². The molecule has 0 aromatic carbocycles. The third-order valence-electron chi connectivity index (χ3n) is 2.14. The quantitative estimate of drug-likeness (QED) is 0.805. The molecule has 0 radical (unpaired) electrons. The van der Waals surface area contributed by atoms with Gasteiger partial charge in [0.1, 0.15) is 0 Å². The fourth-order valence-electron chi connectivity index (χ4n) is 1.28. The highest BCUT2D eigenvalue weighted by atomic mass is 32.1. The minimum Gasteiger partial charge on any atom is -0.348 e. The molecule has 2 heterocycles. The number of aromatic amines is 1. The minimum absolute atomic E-state index is 0.825. The molecular formula is C10H13N3S. The molecule has 2 aromatic rings. The predicted octanol–water partition coefficient (Wildman–Crippen LogP) is 2.07. The molecule has 0 spiro atoms. The van der Waals surface area contributed by atoms with Crippen LogP contribution in [0.5, 0.6) is 0 Å². The van der Waals surface area contributed by atoms with Crippen LogP contribution >= 0.6 is 11.3 Å². The van der Waals surface area contributed by atoms with Gasteiger partial charge in [-0.05, 0) is 29.3 Å². The summed E-state index contributed by atoms with van der Waals surface area (Å²) < 4.78 is 0. The molecule has 0 saturated heterocycles. The number of hydrogen-bond acceptors (Lipinski definition) is 3. The molecule has 0 fully saturated rings. The molecule has 0 saturated carbocycles. The summed E-state index contributed by atoms with van der Waals surface area (Å²) in [5, 5.41) is 7.61. The van der Waals surface area contributed by atoms with E-state index in [4.69, 9.17) is 0 Å². The van der Waals surface area contributed by atoms with Crippen molar-refractivity contribution in [1.29, 1.82) is 0 Å². The molecule has 3 nitrogen and oxygen atoms in total. The zero-order valence-electron chi connectivity index (χ0n) is 8.08. The smallest absolute Gasteiger partial charge is 0.0925 e. The summed E-state index contributed by atoms with van der Waals surface area (Å²) in [7, 11) is 0. The topological polar surface area (TPSA) is 40.7 Å². The second kappa shape index (κ2) is 4.39. The minimum atomic E-state index is 0.825. The van der Waals surface area contributed by atoms with Crippen molar-refractivity contribution < 1.29 is 0 Å². The van der Waals surface area contributed by atoms with Crippen molar-refractivity contribution in [1.82, 2.24) is 15.3 Å². The molecule has 0 bridgehead atoms. The van der Waals surface area contributed by atoms with Crippen LogP contribution < -0.4 is 5.32 Å². The van der Waals surface area contributed by atoms with Crippen LogP contribution in [0.4, 0.5) is 0 Å². The molecule has 0 unspecified atom stereocenters. The van der Waals surface area contributed by atoms with Gasteiger partial charge in [-0.15, -0.1) is 0 Å². The van der Waals surface area contributed by atoms with Crippen LogP contribution in [-0.2, 0) is 13.1 Å². The largest absolute Gasteiger partial charge is 0.348 e. The third-order valence-corrected chi connectivity index (χ3v) is 2.87. The van der Waals surface area contributed by atoms with Crippen molar-refractivity contribution in [2.75, 3.05) is 0 Å². The molecule has 4 heteroatoms. The zero-order chi connectivity index (χ0) is 9.80. The first-order chi connectivity index (χ1) is 6.86. The first-order valence-corrected chi connectivity index (χ1v) is 5.51. The second-order valence-electron chi connectivity index (χ2n) is 3.21. The molecule has 74 valence electrons. The Morgan fingerprint density at radius 3 is 3.07 bits per heavy atom. The van der Waals surface area contributed by atoms with Gasteiger partial charge in [0.05, 0.1) is 12.0 Å². The number of nitrogens with one attached hydrogen (secondary N) is 2. The van der Waals surface area contributed by atoms with E-state index in [9.17, 15) is 0 Å². The van der Waals surface area contributed by atoms with E-state index in [0.717, 1.165) is 24.5 Å². The van der Waals surface area contributed by atoms with Gasteiger partial charge in [0.25, 0.3) is 0 Å². The van der Waals surface area contributed by atoms with E-state index < -0.39 is 0 Å². The Labute approximate surface area is 87.2 Å². The van der Waals surface area contributed by atoms with Gasteiger partial charge >= 0.3 is 0 Å². The molecule has 0 atom stereocenters. The average Bonchev–Trinajstić information content (AvgIpc) is 2.78. The molecule has 14 heavy (non-hydrogen) atoms. The highest BCUT2D eigenvalue weighted by molar-refractivity contribution is 7.07. The third kappa shape index (κ3) is 2.21. The summed E-state index contributed by atoms with van der Waals surface area (Å²) >= 11 is 1.73. The molecule has 2 rings (SSSR count). The first-order valence-electron chi connectivity index (χ1n) is 4.57. The summed E-state index contributed by atoms with van der Waals surface area (Å²) in [6.07, 6.45) is 1.73. The van der Waals surface area contributed by atoms with Gasteiger partial charge in [-0.2, -0.15) is 11.3 Å². The Morgan fingerprint density at radius 2 is 2.43 bits per heavy atom. The van der Waals surface area contributed by atoms with Crippen LogP contribution in [0.25, 0.3) is 0 Å². The molecule has 0 aliphatic carbocycles. The maximum atomic E-state index is 4.22. The lowest BCUT2D eigenvalue weighted by Crippen LogP contribution is -2.13. The normalized spacial score (nSPS) is 10.6. The molecule has 0 aliphatic rings. The van der Waals surface area contributed by atoms with E-state index in [1.165, 1.54) is 5.56 Å². The molecule has 2 aromatic heterocycles. The zero-order valence-corrected chi connectivity index (χ0v) is 8.90. The maximum absolute atomic E-state index is 4.22. The van der Waals surface area contributed by atoms with Crippen molar-refractivity contribution in [2.45, 2.75) is 20.0 Å². The van der Waals surface area contributed by atoms with Gasteiger partial charge in [0.15, 0.2) is 0 Å². The summed E-state index contributed by atoms with van der Waals surface area (Å²) in [6, 6.07) is 2.13. The van der Waals surface area contributed by atoms with E-state index >= 15 is 0 Å². The number of aromatic nitrogens is 2. The Kier molecular flexibility index (Phi) is 2.96. The Balaban J connectivity index is 1.81. The average molecular weight is 207 g/mol. The van der Waals surface area contributed by atoms with Gasteiger partial charge in [0, 0.05) is 18.8 Å². The van der Waals surface area contributed by atoms with Crippen LogP contribution in [-0.4, -0.2) is 9.97 Å². The van der Waals surface area contributed by atoms with Gasteiger partial charge in [-0.1, -0.05) is 0 Å². The van der Waals surface area contributed by atoms with Gasteiger partial charge in [-0.25, -0.2) is 4.98 Å². The van der Waals surface area contributed by atoms with E-state index in [2.05, 4.69) is 32.1 Å². The highest BCUT2D eigenvalue weighted by Crippen LogP contribution is 2.06. The van der Waals surface area contributed by atoms with Crippen molar-refractivity contribution in [2.24, 2.45) is 0 Å². The SMILES string of the molecule is Cc1[nH]cnc1CNCc1ccsc1. The lowest BCUT2D eigenvalue weighted by Gasteiger charge is -2.01. The Hall–Kier alpha value is -1.13. The highest BCUT2D eigenvalue weighted by Gasteiger charge is 1.99. The first kappa shape index (κ1) is 9.43. The Morgan fingerprint density at radius 1 is 1.50 bits per heavy atom. The number of thiophene rings is 1. The number of nitrogens with zero attached hydrogens (tertiary/aromatic N) is 1. The molecule has 2 N–H and O–H groups in total. The van der Waals surface area contributed by atoms with E-state index in [1.807, 2.05) is 6.92 Å². The van der Waals surface area contributed by atoms with Crippen molar-refractivity contribution in [3.63, 3.8) is 0 Å². The fourth-order valence-corrected chi connectivity index (χ4v) is 1.95. The summed E-state index contributed by atoms with van der Waals surface area (Å²) in [6.45, 7) is 3.77. The van der Waals surface area contributed by atoms with Crippen molar-refractivity contribution >= 4 is 11.3 Å². The van der Waals surface area contributed by atoms with E-state index in [0.29, 0.717) is 0 Å². The Bertz CT molecular complexity index is 378. The second-order valence-corrected chi connectivity index (χ2v) is 3.99. The van der Waals surface area contributed by atoms with E-state index in [1.54, 1.807) is 17.7 Å². The predicted molar refractivity (Wildman–Crippen MR) is 58.2 cm³/mol. The maximum Gasteiger partial charge on any atom is 0.0925 e. The van der Waals surface area contributed by atoms with E-state index in [-0.39, 0.29) is 0 Å². The number of rotatable bonds is 4. The lowest BCUT2D eigenvalue weighted by atomic mass is 10.3. The van der Waals surface area contributed by atoms with Crippen LogP contribution in [0.3, 0.4) is 0 Å². The van der Waals surface area contributed by atoms with Gasteiger partial charge in [0.2, 0.25) is 0 Å². The molecule has 0 amide bonds. The van der Waals surface area contributed by atoms with Crippen LogP contribution in [0.15, 0.2) is 23.2 Å². The van der Waals surface area contributed by atoms with Gasteiger partial charge < -0.3 is 10.3 Å². The number of aryl methyl sites for hydroxylation is 1. The number of imidazole rings is 1.